The fourth-order valence-electron chi connectivity index (χ4n) is 6.91. The highest BCUT2D eigenvalue weighted by molar-refractivity contribution is 6.05. The summed E-state index contributed by atoms with van der Waals surface area (Å²) in [6.45, 7) is 0. The predicted molar refractivity (Wildman–Crippen MR) is 161 cm³/mol. The van der Waals surface area contributed by atoms with Gasteiger partial charge < -0.3 is 14.5 Å². The lowest BCUT2D eigenvalue weighted by atomic mass is 9.66. The van der Waals surface area contributed by atoms with Crippen LogP contribution in [-0.4, -0.2) is 0 Å². The first-order valence-electron chi connectivity index (χ1n) is 13.6. The van der Waals surface area contributed by atoms with Crippen molar-refractivity contribution >= 4 is 33.3 Å². The Bertz CT molecular complexity index is 2090. The molecule has 1 spiro atoms. The highest BCUT2D eigenvalue weighted by Crippen LogP contribution is 2.62. The Morgan fingerprint density at radius 2 is 1.05 bits per heavy atom. The largest absolute Gasteiger partial charge is 0.457 e. The molecule has 1 aliphatic heterocycles. The molecule has 9 rings (SSSR count). The first-order chi connectivity index (χ1) is 19.8. The molecule has 2 aliphatic rings. The molecule has 0 atom stereocenters. The Balaban J connectivity index is 1.21. The number of benzene rings is 6. The zero-order valence-corrected chi connectivity index (χ0v) is 21.5. The molecular formula is C37H23NO2. The van der Waals surface area contributed by atoms with Crippen LogP contribution in [0.1, 0.15) is 22.3 Å². The summed E-state index contributed by atoms with van der Waals surface area (Å²) in [5.41, 5.74) is 10.7. The predicted octanol–water partition coefficient (Wildman–Crippen LogP) is 9.80. The van der Waals surface area contributed by atoms with Crippen LogP contribution in [-0.2, 0) is 5.41 Å². The Morgan fingerprint density at radius 1 is 0.450 bits per heavy atom. The van der Waals surface area contributed by atoms with Crippen LogP contribution in [0.25, 0.3) is 33.1 Å². The highest BCUT2D eigenvalue weighted by atomic mass is 16.5. The SMILES string of the molecule is c1ccc2c(c1)Oc1cc(Nc3ccc4c(c3)oc3ccccc34)ccc1C21c2ccccc2-c2ccccc21. The summed E-state index contributed by atoms with van der Waals surface area (Å²) in [6.07, 6.45) is 0. The number of hydrogen-bond acceptors (Lipinski definition) is 3. The molecule has 188 valence electrons. The van der Waals surface area contributed by atoms with E-state index in [0.29, 0.717) is 0 Å². The van der Waals surface area contributed by atoms with Crippen LogP contribution in [0.5, 0.6) is 11.5 Å². The molecule has 1 aliphatic carbocycles. The molecule has 3 heteroatoms. The minimum Gasteiger partial charge on any atom is -0.457 e. The zero-order valence-electron chi connectivity index (χ0n) is 21.5. The van der Waals surface area contributed by atoms with E-state index in [1.54, 1.807) is 0 Å². The van der Waals surface area contributed by atoms with Gasteiger partial charge in [-0.15, -0.1) is 0 Å². The normalized spacial score (nSPS) is 13.9. The summed E-state index contributed by atoms with van der Waals surface area (Å²) in [6, 6.07) is 47.0. The average Bonchev–Trinajstić information content (AvgIpc) is 3.51. The summed E-state index contributed by atoms with van der Waals surface area (Å²) in [4.78, 5) is 0. The summed E-state index contributed by atoms with van der Waals surface area (Å²) >= 11 is 0. The number of para-hydroxylation sites is 2. The zero-order chi connectivity index (χ0) is 26.3. The van der Waals surface area contributed by atoms with E-state index >= 15 is 0 Å². The van der Waals surface area contributed by atoms with Gasteiger partial charge in [0.05, 0.1) is 5.41 Å². The molecule has 0 saturated carbocycles. The highest BCUT2D eigenvalue weighted by Gasteiger charge is 2.50. The van der Waals surface area contributed by atoms with Gasteiger partial charge in [0.2, 0.25) is 0 Å². The van der Waals surface area contributed by atoms with Crippen LogP contribution in [0.3, 0.4) is 0 Å². The maximum Gasteiger partial charge on any atom is 0.137 e. The van der Waals surface area contributed by atoms with Crippen molar-refractivity contribution in [2.75, 3.05) is 5.32 Å². The van der Waals surface area contributed by atoms with Crippen LogP contribution >= 0.6 is 0 Å². The number of furan rings is 1. The van der Waals surface area contributed by atoms with Crippen molar-refractivity contribution in [2.24, 2.45) is 0 Å². The lowest BCUT2D eigenvalue weighted by molar-refractivity contribution is 0.436. The summed E-state index contributed by atoms with van der Waals surface area (Å²) < 4.78 is 12.7. The van der Waals surface area contributed by atoms with Gasteiger partial charge in [0.1, 0.15) is 22.7 Å². The lowest BCUT2D eigenvalue weighted by Gasteiger charge is -2.39. The van der Waals surface area contributed by atoms with E-state index in [0.717, 1.165) is 50.4 Å². The van der Waals surface area contributed by atoms with Crippen molar-refractivity contribution in [1.82, 2.24) is 0 Å². The monoisotopic (exact) mass is 513 g/mol. The number of ether oxygens (including phenoxy) is 1. The number of anilines is 2. The van der Waals surface area contributed by atoms with Gasteiger partial charge in [0, 0.05) is 45.4 Å². The van der Waals surface area contributed by atoms with E-state index in [4.69, 9.17) is 9.15 Å². The molecule has 0 unspecified atom stereocenters. The van der Waals surface area contributed by atoms with Crippen LogP contribution < -0.4 is 10.1 Å². The van der Waals surface area contributed by atoms with Gasteiger partial charge in [0.15, 0.2) is 0 Å². The fourth-order valence-corrected chi connectivity index (χ4v) is 6.91. The van der Waals surface area contributed by atoms with Crippen LogP contribution in [0.4, 0.5) is 11.4 Å². The van der Waals surface area contributed by atoms with E-state index in [9.17, 15) is 0 Å². The molecule has 0 amide bonds. The molecule has 3 nitrogen and oxygen atoms in total. The smallest absolute Gasteiger partial charge is 0.137 e. The van der Waals surface area contributed by atoms with Crippen molar-refractivity contribution in [1.29, 1.82) is 0 Å². The van der Waals surface area contributed by atoms with E-state index in [1.165, 1.54) is 27.8 Å². The molecule has 1 aromatic heterocycles. The van der Waals surface area contributed by atoms with E-state index in [1.807, 2.05) is 18.2 Å². The van der Waals surface area contributed by atoms with Gasteiger partial charge in [-0.25, -0.2) is 0 Å². The Labute approximate surface area is 231 Å². The Kier molecular flexibility index (Phi) is 4.26. The first kappa shape index (κ1) is 21.6. The summed E-state index contributed by atoms with van der Waals surface area (Å²) in [5.74, 6) is 1.75. The van der Waals surface area contributed by atoms with Crippen molar-refractivity contribution < 1.29 is 9.15 Å². The van der Waals surface area contributed by atoms with Gasteiger partial charge >= 0.3 is 0 Å². The molecule has 0 saturated heterocycles. The van der Waals surface area contributed by atoms with Crippen molar-refractivity contribution in [3.05, 3.63) is 156 Å². The molecular weight excluding hydrogens is 490 g/mol. The number of rotatable bonds is 2. The quantitative estimate of drug-likeness (QED) is 0.250. The number of fused-ring (bicyclic) bond motifs is 12. The third-order valence-corrected chi connectivity index (χ3v) is 8.52. The third-order valence-electron chi connectivity index (χ3n) is 8.52. The number of hydrogen-bond donors (Lipinski definition) is 1. The van der Waals surface area contributed by atoms with E-state index < -0.39 is 5.41 Å². The molecule has 0 fully saturated rings. The van der Waals surface area contributed by atoms with Crippen LogP contribution in [0, 0.1) is 0 Å². The van der Waals surface area contributed by atoms with Crippen molar-refractivity contribution in [2.45, 2.75) is 5.41 Å². The average molecular weight is 514 g/mol. The molecule has 40 heavy (non-hydrogen) atoms. The standard InChI is InChI=1S/C37H23NO2/c1-4-12-29-25(9-1)26-10-2-5-13-30(26)37(29)31-14-6-8-16-34(31)40-36-22-24(18-20-32(36)37)38-23-17-19-28-27-11-3-7-15-33(27)39-35(28)21-23/h1-22,38H. The van der Waals surface area contributed by atoms with Gasteiger partial charge in [-0.3, -0.25) is 0 Å². The summed E-state index contributed by atoms with van der Waals surface area (Å²) in [5, 5.41) is 5.84. The fraction of sp³-hybridized carbons (Fsp3) is 0.0270. The molecule has 1 N–H and O–H groups in total. The van der Waals surface area contributed by atoms with Crippen molar-refractivity contribution in [3.8, 4) is 22.6 Å². The molecule has 7 aromatic rings. The van der Waals surface area contributed by atoms with Gasteiger partial charge in [-0.1, -0.05) is 91.0 Å². The first-order valence-corrected chi connectivity index (χ1v) is 13.6. The molecule has 2 heterocycles. The maximum absolute atomic E-state index is 6.62. The number of nitrogens with one attached hydrogen (secondary N) is 1. The second-order valence-electron chi connectivity index (χ2n) is 10.6. The van der Waals surface area contributed by atoms with Crippen LogP contribution in [0.2, 0.25) is 0 Å². The van der Waals surface area contributed by atoms with Gasteiger partial charge in [-0.05, 0) is 52.6 Å². The molecule has 0 bridgehead atoms. The second kappa shape index (κ2) is 7.87. The minimum atomic E-state index is -0.441. The minimum absolute atomic E-state index is 0.441. The van der Waals surface area contributed by atoms with Crippen LogP contribution in [0.15, 0.2) is 138 Å². The Hall–Kier alpha value is -5.28. The van der Waals surface area contributed by atoms with E-state index in [2.05, 4.69) is 121 Å². The maximum atomic E-state index is 6.62. The van der Waals surface area contributed by atoms with Gasteiger partial charge in [0.25, 0.3) is 0 Å². The molecule has 0 radical (unpaired) electrons. The van der Waals surface area contributed by atoms with E-state index in [-0.39, 0.29) is 0 Å². The third kappa shape index (κ3) is 2.79. The van der Waals surface area contributed by atoms with Crippen molar-refractivity contribution in [3.63, 3.8) is 0 Å². The Morgan fingerprint density at radius 3 is 1.88 bits per heavy atom. The van der Waals surface area contributed by atoms with Gasteiger partial charge in [-0.2, -0.15) is 0 Å². The molecule has 6 aromatic carbocycles. The topological polar surface area (TPSA) is 34.4 Å². The second-order valence-corrected chi connectivity index (χ2v) is 10.6. The lowest BCUT2D eigenvalue weighted by Crippen LogP contribution is -2.32. The summed E-state index contributed by atoms with van der Waals surface area (Å²) in [7, 11) is 0.